The molecule has 1 saturated carbocycles. The van der Waals surface area contributed by atoms with E-state index in [1.54, 1.807) is 6.92 Å². The molecule has 3 unspecified atom stereocenters. The highest BCUT2D eigenvalue weighted by Gasteiger charge is 2.35. The van der Waals surface area contributed by atoms with Gasteiger partial charge in [0.15, 0.2) is 17.3 Å². The van der Waals surface area contributed by atoms with Gasteiger partial charge >= 0.3 is 0 Å². The zero-order chi connectivity index (χ0) is 23.8. The van der Waals surface area contributed by atoms with E-state index in [1.807, 2.05) is 4.72 Å². The minimum absolute atomic E-state index is 0.0890. The van der Waals surface area contributed by atoms with Gasteiger partial charge in [0.1, 0.15) is 12.0 Å². The van der Waals surface area contributed by atoms with Crippen molar-refractivity contribution < 1.29 is 26.4 Å². The van der Waals surface area contributed by atoms with E-state index in [-0.39, 0.29) is 11.3 Å². The minimum atomic E-state index is -3.85. The minimum Gasteiger partial charge on any atom is -0.431 e. The van der Waals surface area contributed by atoms with Crippen molar-refractivity contribution in [3.05, 3.63) is 41.3 Å². The van der Waals surface area contributed by atoms with Gasteiger partial charge in [0.05, 0.1) is 12.3 Å². The Morgan fingerprint density at radius 2 is 1.85 bits per heavy atom. The molecule has 11 heteroatoms. The van der Waals surface area contributed by atoms with Gasteiger partial charge < -0.3 is 14.6 Å². The molecule has 1 aromatic carbocycles. The number of sulfonamides is 1. The lowest BCUT2D eigenvalue weighted by Crippen LogP contribution is -2.47. The summed E-state index contributed by atoms with van der Waals surface area (Å²) in [6, 6.07) is 2.01. The number of nitrogens with zero attached hydrogens (tertiary/aromatic N) is 2. The van der Waals surface area contributed by atoms with Crippen LogP contribution in [-0.4, -0.2) is 38.2 Å². The third kappa shape index (κ3) is 5.29. The molecule has 2 heterocycles. The molecule has 2 N–H and O–H groups in total. The Balaban J connectivity index is 1.45. The number of anilines is 2. The van der Waals surface area contributed by atoms with Crippen molar-refractivity contribution in [2.45, 2.75) is 57.5 Å². The molecule has 2 fully saturated rings. The second-order valence-electron chi connectivity index (χ2n) is 8.89. The molecule has 4 rings (SSSR count). The summed E-state index contributed by atoms with van der Waals surface area (Å²) in [5.74, 6) is -2.06. The van der Waals surface area contributed by atoms with Crippen LogP contribution in [0.5, 0.6) is 0 Å². The molecular weight excluding hydrogens is 454 g/mol. The van der Waals surface area contributed by atoms with Crippen LogP contribution in [0.25, 0.3) is 0 Å². The van der Waals surface area contributed by atoms with Crippen molar-refractivity contribution in [3.8, 4) is 0 Å². The van der Waals surface area contributed by atoms with Crippen molar-refractivity contribution >= 4 is 27.6 Å². The summed E-state index contributed by atoms with van der Waals surface area (Å²) in [5, 5.41) is 2.66. The number of hydrogen-bond donors (Lipinski definition) is 2. The van der Waals surface area contributed by atoms with Crippen LogP contribution in [0.3, 0.4) is 0 Å². The Kier molecular flexibility index (Phi) is 6.60. The molecule has 180 valence electrons. The first kappa shape index (κ1) is 23.5. The van der Waals surface area contributed by atoms with Crippen LogP contribution in [0.15, 0.2) is 22.8 Å². The van der Waals surface area contributed by atoms with E-state index in [1.165, 1.54) is 31.9 Å². The van der Waals surface area contributed by atoms with Crippen LogP contribution in [0, 0.1) is 17.6 Å². The van der Waals surface area contributed by atoms with E-state index in [2.05, 4.69) is 15.2 Å². The molecule has 1 aromatic heterocycles. The monoisotopic (exact) mass is 482 g/mol. The summed E-state index contributed by atoms with van der Waals surface area (Å²) in [5.41, 5.74) is -0.531. The van der Waals surface area contributed by atoms with E-state index >= 15 is 0 Å². The lowest BCUT2D eigenvalue weighted by Gasteiger charge is -2.43. The van der Waals surface area contributed by atoms with Crippen LogP contribution in [0.2, 0.25) is 0 Å². The zero-order valence-electron chi connectivity index (χ0n) is 18.6. The molecule has 1 aliphatic carbocycles. The van der Waals surface area contributed by atoms with Crippen molar-refractivity contribution in [1.82, 2.24) is 10.3 Å². The summed E-state index contributed by atoms with van der Waals surface area (Å²) in [7, 11) is -3.85. The molecule has 1 aliphatic heterocycles. The first-order valence-electron chi connectivity index (χ1n) is 11.1. The van der Waals surface area contributed by atoms with Gasteiger partial charge in [0.2, 0.25) is 10.0 Å². The van der Waals surface area contributed by atoms with Gasteiger partial charge in [-0.1, -0.05) is 12.8 Å². The molecule has 33 heavy (non-hydrogen) atoms. The standard InChI is InChI=1S/C22H28F2N4O4S/c1-13(15-10-16(23)20(17(24)11-15)27-33(2,30)31)25-21(29)18-12-32-22(26-18)28-9-5-7-14-6-3-4-8-19(14)28/h10-14,19,27H,3-9H2,1-2H3,(H,25,29). The van der Waals surface area contributed by atoms with E-state index in [0.29, 0.717) is 18.0 Å². The summed E-state index contributed by atoms with van der Waals surface area (Å²) in [4.78, 5) is 19.2. The third-order valence-electron chi connectivity index (χ3n) is 6.41. The van der Waals surface area contributed by atoms with Gasteiger partial charge in [-0.3, -0.25) is 9.52 Å². The van der Waals surface area contributed by atoms with Gasteiger partial charge in [-0.25, -0.2) is 17.2 Å². The molecule has 1 amide bonds. The third-order valence-corrected chi connectivity index (χ3v) is 6.99. The second-order valence-corrected chi connectivity index (χ2v) is 10.6. The maximum Gasteiger partial charge on any atom is 0.298 e. The highest BCUT2D eigenvalue weighted by Crippen LogP contribution is 2.37. The molecule has 1 saturated heterocycles. The molecule has 2 aliphatic rings. The zero-order valence-corrected chi connectivity index (χ0v) is 19.4. The Bertz CT molecular complexity index is 1110. The first-order chi connectivity index (χ1) is 15.6. The number of benzene rings is 1. The quantitative estimate of drug-likeness (QED) is 0.646. The number of rotatable bonds is 6. The fraction of sp³-hybridized carbons (Fsp3) is 0.545. The molecule has 8 nitrogen and oxygen atoms in total. The van der Waals surface area contributed by atoms with Crippen molar-refractivity contribution in [2.75, 3.05) is 22.4 Å². The molecule has 0 bridgehead atoms. The second kappa shape index (κ2) is 9.28. The van der Waals surface area contributed by atoms with Crippen LogP contribution >= 0.6 is 0 Å². The topological polar surface area (TPSA) is 105 Å². The number of aromatic nitrogens is 1. The average molecular weight is 483 g/mol. The Morgan fingerprint density at radius 3 is 2.55 bits per heavy atom. The van der Waals surface area contributed by atoms with Gasteiger partial charge in [0, 0.05) is 12.6 Å². The fourth-order valence-electron chi connectivity index (χ4n) is 4.84. The summed E-state index contributed by atoms with van der Waals surface area (Å²) in [6.45, 7) is 2.40. The van der Waals surface area contributed by atoms with E-state index in [9.17, 15) is 22.0 Å². The number of hydrogen-bond acceptors (Lipinski definition) is 6. The van der Waals surface area contributed by atoms with Crippen molar-refractivity contribution in [3.63, 3.8) is 0 Å². The highest BCUT2D eigenvalue weighted by atomic mass is 32.2. The first-order valence-corrected chi connectivity index (χ1v) is 13.0. The normalized spacial score (nSPS) is 21.9. The number of amides is 1. The predicted molar refractivity (Wildman–Crippen MR) is 120 cm³/mol. The average Bonchev–Trinajstić information content (AvgIpc) is 3.25. The van der Waals surface area contributed by atoms with Crippen LogP contribution in [-0.2, 0) is 10.0 Å². The SMILES string of the molecule is CC(NC(=O)c1coc(N2CCCC3CCCCC32)n1)c1cc(F)c(NS(C)(=O)=O)c(F)c1. The van der Waals surface area contributed by atoms with Crippen LogP contribution < -0.4 is 14.9 Å². The number of halogens is 2. The maximum absolute atomic E-state index is 14.3. The van der Waals surface area contributed by atoms with Gasteiger partial charge in [-0.05, 0) is 56.2 Å². The number of nitrogens with one attached hydrogen (secondary N) is 2. The Hall–Kier alpha value is -2.69. The highest BCUT2D eigenvalue weighted by molar-refractivity contribution is 7.92. The van der Waals surface area contributed by atoms with E-state index in [0.717, 1.165) is 37.8 Å². The summed E-state index contributed by atoms with van der Waals surface area (Å²) < 4.78 is 58.6. The number of oxazole rings is 1. The maximum atomic E-state index is 14.3. The lowest BCUT2D eigenvalue weighted by atomic mass is 9.78. The largest absolute Gasteiger partial charge is 0.431 e. The lowest BCUT2D eigenvalue weighted by molar-refractivity contribution is 0.0934. The van der Waals surface area contributed by atoms with Crippen LogP contribution in [0.4, 0.5) is 20.5 Å². The number of piperidine rings is 1. The van der Waals surface area contributed by atoms with Gasteiger partial charge in [-0.15, -0.1) is 0 Å². The molecule has 3 atom stereocenters. The smallest absolute Gasteiger partial charge is 0.298 e. The molecule has 2 aromatic rings. The predicted octanol–water partition coefficient (Wildman–Crippen LogP) is 3.97. The number of fused-ring (bicyclic) bond motifs is 1. The van der Waals surface area contributed by atoms with Gasteiger partial charge in [-0.2, -0.15) is 4.98 Å². The molecular formula is C22H28F2N4O4S. The van der Waals surface area contributed by atoms with E-state index < -0.39 is 39.3 Å². The molecule has 0 spiro atoms. The Labute approximate surface area is 191 Å². The summed E-state index contributed by atoms with van der Waals surface area (Å²) in [6.07, 6.45) is 9.08. The number of carbonyl (C=O) groups excluding carboxylic acids is 1. The van der Waals surface area contributed by atoms with E-state index in [4.69, 9.17) is 4.42 Å². The van der Waals surface area contributed by atoms with Gasteiger partial charge in [0.25, 0.3) is 11.9 Å². The van der Waals surface area contributed by atoms with Crippen molar-refractivity contribution in [2.24, 2.45) is 5.92 Å². The fourth-order valence-corrected chi connectivity index (χ4v) is 5.41. The number of carbonyl (C=O) groups is 1. The van der Waals surface area contributed by atoms with Crippen LogP contribution in [0.1, 0.15) is 67.5 Å². The van der Waals surface area contributed by atoms with Crippen molar-refractivity contribution in [1.29, 1.82) is 0 Å². The Morgan fingerprint density at radius 1 is 1.18 bits per heavy atom. The summed E-state index contributed by atoms with van der Waals surface area (Å²) >= 11 is 0. The molecule has 0 radical (unpaired) electrons.